The standard InChI is InChI=1S/C21H17ClS/c22-17-12-10-16(11-13-17)21-14-19(15-6-2-1-3-7-15)18-8-4-5-9-20(18)23-21/h1-13,19,21H,14H2/t19-,21-/m0/s1. The van der Waals surface area contributed by atoms with Gasteiger partial charge in [0.25, 0.3) is 0 Å². The molecule has 0 N–H and O–H groups in total. The quantitative estimate of drug-likeness (QED) is 0.501. The number of hydrogen-bond acceptors (Lipinski definition) is 1. The van der Waals surface area contributed by atoms with E-state index in [0.717, 1.165) is 11.4 Å². The zero-order valence-electron chi connectivity index (χ0n) is 12.7. The van der Waals surface area contributed by atoms with E-state index in [1.165, 1.54) is 21.6 Å². The monoisotopic (exact) mass is 336 g/mol. The van der Waals surface area contributed by atoms with Crippen molar-refractivity contribution in [1.82, 2.24) is 0 Å². The van der Waals surface area contributed by atoms with Gasteiger partial charge in [0.2, 0.25) is 0 Å². The Labute approximate surface area is 146 Å². The van der Waals surface area contributed by atoms with E-state index in [4.69, 9.17) is 11.6 Å². The molecule has 1 aliphatic rings. The summed E-state index contributed by atoms with van der Waals surface area (Å²) in [6.07, 6.45) is 1.12. The first-order valence-corrected chi connectivity index (χ1v) is 9.13. The van der Waals surface area contributed by atoms with Crippen LogP contribution >= 0.6 is 23.4 Å². The van der Waals surface area contributed by atoms with Crippen LogP contribution < -0.4 is 0 Å². The molecule has 0 nitrogen and oxygen atoms in total. The van der Waals surface area contributed by atoms with E-state index in [0.29, 0.717) is 11.2 Å². The summed E-state index contributed by atoms with van der Waals surface area (Å²) in [5, 5.41) is 1.27. The summed E-state index contributed by atoms with van der Waals surface area (Å²) >= 11 is 8.02. The van der Waals surface area contributed by atoms with Crippen LogP contribution in [0.5, 0.6) is 0 Å². The third-order valence-electron chi connectivity index (χ3n) is 4.46. The minimum absolute atomic E-state index is 0.453. The fourth-order valence-corrected chi connectivity index (χ4v) is 4.82. The van der Waals surface area contributed by atoms with Gasteiger partial charge in [0, 0.05) is 21.1 Å². The van der Waals surface area contributed by atoms with Crippen molar-refractivity contribution in [2.45, 2.75) is 22.5 Å². The molecule has 0 fully saturated rings. The molecule has 3 aromatic carbocycles. The Balaban J connectivity index is 1.75. The highest BCUT2D eigenvalue weighted by Gasteiger charge is 2.29. The van der Waals surface area contributed by atoms with E-state index in [-0.39, 0.29) is 0 Å². The third kappa shape index (κ3) is 3.04. The van der Waals surface area contributed by atoms with Gasteiger partial charge in [0.05, 0.1) is 0 Å². The molecule has 0 saturated carbocycles. The molecule has 2 heteroatoms. The topological polar surface area (TPSA) is 0 Å². The average Bonchev–Trinajstić information content (AvgIpc) is 2.62. The van der Waals surface area contributed by atoms with Crippen molar-refractivity contribution in [3.05, 3.63) is 101 Å². The number of thioether (sulfide) groups is 1. The predicted octanol–water partition coefficient (Wildman–Crippen LogP) is 6.71. The van der Waals surface area contributed by atoms with E-state index >= 15 is 0 Å². The van der Waals surface area contributed by atoms with Crippen LogP contribution in [0.1, 0.15) is 34.3 Å². The Morgan fingerprint density at radius 3 is 2.22 bits per heavy atom. The second-order valence-electron chi connectivity index (χ2n) is 5.89. The second kappa shape index (κ2) is 6.43. The van der Waals surface area contributed by atoms with Crippen molar-refractivity contribution < 1.29 is 0 Å². The lowest BCUT2D eigenvalue weighted by atomic mass is 9.85. The lowest BCUT2D eigenvalue weighted by Gasteiger charge is -2.31. The summed E-state index contributed by atoms with van der Waals surface area (Å²) in [7, 11) is 0. The van der Waals surface area contributed by atoms with Crippen LogP contribution in [0.4, 0.5) is 0 Å². The lowest BCUT2D eigenvalue weighted by Crippen LogP contribution is -2.12. The van der Waals surface area contributed by atoms with Gasteiger partial charge in [-0.2, -0.15) is 0 Å². The Morgan fingerprint density at radius 1 is 0.739 bits per heavy atom. The predicted molar refractivity (Wildman–Crippen MR) is 99.4 cm³/mol. The van der Waals surface area contributed by atoms with Gasteiger partial charge in [0.1, 0.15) is 0 Å². The zero-order chi connectivity index (χ0) is 15.6. The van der Waals surface area contributed by atoms with Crippen LogP contribution in [0.3, 0.4) is 0 Å². The smallest absolute Gasteiger partial charge is 0.0406 e. The van der Waals surface area contributed by atoms with Crippen LogP contribution in [-0.4, -0.2) is 0 Å². The minimum atomic E-state index is 0.453. The van der Waals surface area contributed by atoms with Gasteiger partial charge < -0.3 is 0 Å². The molecule has 0 radical (unpaired) electrons. The molecule has 23 heavy (non-hydrogen) atoms. The number of benzene rings is 3. The minimum Gasteiger partial charge on any atom is -0.118 e. The summed E-state index contributed by atoms with van der Waals surface area (Å²) in [6.45, 7) is 0. The highest BCUT2D eigenvalue weighted by Crippen LogP contribution is 2.51. The number of rotatable bonds is 2. The largest absolute Gasteiger partial charge is 0.118 e. The first-order chi connectivity index (χ1) is 11.3. The molecule has 1 aliphatic heterocycles. The number of fused-ring (bicyclic) bond motifs is 1. The molecule has 114 valence electrons. The molecule has 0 unspecified atom stereocenters. The maximum absolute atomic E-state index is 6.05. The molecule has 0 aliphatic carbocycles. The number of hydrogen-bond donors (Lipinski definition) is 0. The van der Waals surface area contributed by atoms with E-state index in [1.54, 1.807) is 0 Å². The van der Waals surface area contributed by atoms with Crippen molar-refractivity contribution in [1.29, 1.82) is 0 Å². The zero-order valence-corrected chi connectivity index (χ0v) is 14.2. The van der Waals surface area contributed by atoms with E-state index < -0.39 is 0 Å². The Morgan fingerprint density at radius 2 is 1.43 bits per heavy atom. The van der Waals surface area contributed by atoms with Gasteiger partial charge in [-0.25, -0.2) is 0 Å². The SMILES string of the molecule is Clc1ccc([C@@H]2C[C@@H](c3ccccc3)c3ccccc3S2)cc1. The fraction of sp³-hybridized carbons (Fsp3) is 0.143. The first-order valence-electron chi connectivity index (χ1n) is 7.87. The van der Waals surface area contributed by atoms with Crippen LogP contribution in [0.15, 0.2) is 83.8 Å². The van der Waals surface area contributed by atoms with Crippen molar-refractivity contribution in [2.75, 3.05) is 0 Å². The highest BCUT2D eigenvalue weighted by molar-refractivity contribution is 7.99. The van der Waals surface area contributed by atoms with Gasteiger partial charge in [0.15, 0.2) is 0 Å². The highest BCUT2D eigenvalue weighted by atomic mass is 35.5. The molecular weight excluding hydrogens is 320 g/mol. The van der Waals surface area contributed by atoms with Crippen molar-refractivity contribution >= 4 is 23.4 Å². The maximum Gasteiger partial charge on any atom is 0.0406 e. The first kappa shape index (κ1) is 14.9. The van der Waals surface area contributed by atoms with Crippen molar-refractivity contribution in [3.8, 4) is 0 Å². The third-order valence-corrected chi connectivity index (χ3v) is 6.08. The maximum atomic E-state index is 6.05. The molecule has 2 atom stereocenters. The normalized spacial score (nSPS) is 20.0. The summed E-state index contributed by atoms with van der Waals surface area (Å²) in [5.74, 6) is 0.453. The van der Waals surface area contributed by atoms with E-state index in [1.807, 2.05) is 23.9 Å². The van der Waals surface area contributed by atoms with Gasteiger partial charge in [-0.3, -0.25) is 0 Å². The average molecular weight is 337 g/mol. The molecule has 0 spiro atoms. The lowest BCUT2D eigenvalue weighted by molar-refractivity contribution is 0.677. The second-order valence-corrected chi connectivity index (χ2v) is 7.58. The van der Waals surface area contributed by atoms with Crippen LogP contribution in [0.25, 0.3) is 0 Å². The van der Waals surface area contributed by atoms with Gasteiger partial charge in [-0.15, -0.1) is 11.8 Å². The molecule has 0 amide bonds. The summed E-state index contributed by atoms with van der Waals surface area (Å²) in [6, 6.07) is 28.0. The summed E-state index contributed by atoms with van der Waals surface area (Å²) in [4.78, 5) is 1.40. The van der Waals surface area contributed by atoms with Gasteiger partial charge in [-0.1, -0.05) is 72.3 Å². The fourth-order valence-electron chi connectivity index (χ4n) is 3.30. The molecule has 0 aromatic heterocycles. The Bertz CT molecular complexity index is 796. The van der Waals surface area contributed by atoms with Gasteiger partial charge in [-0.05, 0) is 41.3 Å². The molecular formula is C21H17ClS. The summed E-state index contributed by atoms with van der Waals surface area (Å²) in [5.41, 5.74) is 4.21. The van der Waals surface area contributed by atoms with Crippen molar-refractivity contribution in [3.63, 3.8) is 0 Å². The van der Waals surface area contributed by atoms with Crippen molar-refractivity contribution in [2.24, 2.45) is 0 Å². The molecule has 1 heterocycles. The Kier molecular flexibility index (Phi) is 4.15. The van der Waals surface area contributed by atoms with Crippen LogP contribution in [-0.2, 0) is 0 Å². The van der Waals surface area contributed by atoms with Crippen LogP contribution in [0, 0.1) is 0 Å². The van der Waals surface area contributed by atoms with E-state index in [2.05, 4.69) is 66.7 Å². The molecule has 0 saturated heterocycles. The van der Waals surface area contributed by atoms with Gasteiger partial charge >= 0.3 is 0 Å². The number of halogens is 1. The molecule has 4 rings (SSSR count). The molecule has 3 aromatic rings. The Hall–Kier alpha value is -1.70. The van der Waals surface area contributed by atoms with E-state index in [9.17, 15) is 0 Å². The molecule has 0 bridgehead atoms. The van der Waals surface area contributed by atoms with Crippen LogP contribution in [0.2, 0.25) is 5.02 Å². The summed E-state index contributed by atoms with van der Waals surface area (Å²) < 4.78 is 0.